The molecule has 3 nitrogen and oxygen atoms in total. The maximum atomic E-state index is 11.6. The Balaban J connectivity index is 0.00000162. The van der Waals surface area contributed by atoms with Gasteiger partial charge >= 0.3 is 0 Å². The molecule has 1 atom stereocenters. The summed E-state index contributed by atoms with van der Waals surface area (Å²) >= 11 is 0. The molecule has 1 aliphatic rings. The quantitative estimate of drug-likeness (QED) is 0.878. The lowest BCUT2D eigenvalue weighted by atomic mass is 9.76. The first-order valence-electron chi connectivity index (χ1n) is 6.26. The van der Waals surface area contributed by atoms with E-state index in [1.54, 1.807) is 0 Å². The molecule has 1 aliphatic carbocycles. The normalized spacial score (nSPS) is 23.4. The third kappa shape index (κ3) is 3.47. The Morgan fingerprint density at radius 1 is 1.39 bits per heavy atom. The minimum atomic E-state index is -0.0780. The Labute approximate surface area is 115 Å². The van der Waals surface area contributed by atoms with Crippen LogP contribution in [-0.4, -0.2) is 18.5 Å². The van der Waals surface area contributed by atoms with Crippen LogP contribution in [0.1, 0.15) is 31.2 Å². The average Bonchev–Trinajstić information content (AvgIpc) is 2.33. The van der Waals surface area contributed by atoms with Gasteiger partial charge < -0.3 is 11.1 Å². The first kappa shape index (κ1) is 15.0. The molecule has 1 saturated carbocycles. The Morgan fingerprint density at radius 3 is 2.56 bits per heavy atom. The molecule has 1 fully saturated rings. The van der Waals surface area contributed by atoms with Crippen molar-refractivity contribution in [3.05, 3.63) is 35.9 Å². The van der Waals surface area contributed by atoms with Crippen molar-refractivity contribution in [2.24, 2.45) is 11.7 Å². The maximum absolute atomic E-state index is 11.6. The van der Waals surface area contributed by atoms with Crippen molar-refractivity contribution in [3.63, 3.8) is 0 Å². The smallest absolute Gasteiger partial charge is 0.224 e. The van der Waals surface area contributed by atoms with Crippen LogP contribution in [0.25, 0.3) is 0 Å². The van der Waals surface area contributed by atoms with Crippen LogP contribution >= 0.6 is 12.4 Å². The number of amides is 1. The van der Waals surface area contributed by atoms with Gasteiger partial charge in [0.15, 0.2) is 0 Å². The zero-order valence-corrected chi connectivity index (χ0v) is 11.5. The highest BCUT2D eigenvalue weighted by atomic mass is 35.5. The SMILES string of the molecule is CC(CN)C(=O)NC1CC(c2ccccc2)C1.Cl. The van der Waals surface area contributed by atoms with E-state index < -0.39 is 0 Å². The van der Waals surface area contributed by atoms with Crippen LogP contribution in [0, 0.1) is 5.92 Å². The summed E-state index contributed by atoms with van der Waals surface area (Å²) in [5.41, 5.74) is 6.85. The molecule has 0 radical (unpaired) electrons. The van der Waals surface area contributed by atoms with Crippen molar-refractivity contribution in [3.8, 4) is 0 Å². The molecular formula is C14H21ClN2O. The summed E-state index contributed by atoms with van der Waals surface area (Å²) in [7, 11) is 0. The van der Waals surface area contributed by atoms with E-state index in [0.717, 1.165) is 12.8 Å². The number of nitrogens with one attached hydrogen (secondary N) is 1. The summed E-state index contributed by atoms with van der Waals surface area (Å²) in [6, 6.07) is 10.8. The molecule has 4 heteroatoms. The molecule has 18 heavy (non-hydrogen) atoms. The summed E-state index contributed by atoms with van der Waals surface area (Å²) in [4.78, 5) is 11.6. The predicted octanol–water partition coefficient (Wildman–Crippen LogP) is 2.07. The van der Waals surface area contributed by atoms with Crippen LogP contribution in [0.3, 0.4) is 0 Å². The van der Waals surface area contributed by atoms with Gasteiger partial charge in [0.1, 0.15) is 0 Å². The number of benzene rings is 1. The third-order valence-electron chi connectivity index (χ3n) is 3.56. The molecule has 1 aromatic rings. The number of rotatable bonds is 4. The van der Waals surface area contributed by atoms with E-state index in [0.29, 0.717) is 18.5 Å². The Bertz CT molecular complexity index is 377. The molecular weight excluding hydrogens is 248 g/mol. The van der Waals surface area contributed by atoms with Gasteiger partial charge in [-0.1, -0.05) is 37.3 Å². The Hall–Kier alpha value is -1.06. The predicted molar refractivity (Wildman–Crippen MR) is 75.8 cm³/mol. The molecule has 0 saturated heterocycles. The molecule has 100 valence electrons. The lowest BCUT2D eigenvalue weighted by molar-refractivity contribution is -0.125. The van der Waals surface area contributed by atoms with Crippen LogP contribution in [0.5, 0.6) is 0 Å². The zero-order chi connectivity index (χ0) is 12.3. The zero-order valence-electron chi connectivity index (χ0n) is 10.6. The van der Waals surface area contributed by atoms with Crippen molar-refractivity contribution in [1.82, 2.24) is 5.32 Å². The highest BCUT2D eigenvalue weighted by molar-refractivity contribution is 5.85. The fourth-order valence-corrected chi connectivity index (χ4v) is 2.18. The molecule has 2 rings (SSSR count). The van der Waals surface area contributed by atoms with E-state index in [1.807, 2.05) is 13.0 Å². The van der Waals surface area contributed by atoms with Crippen LogP contribution in [-0.2, 0) is 4.79 Å². The fourth-order valence-electron chi connectivity index (χ4n) is 2.18. The number of carbonyl (C=O) groups excluding carboxylic acids is 1. The molecule has 1 amide bonds. The van der Waals surface area contributed by atoms with E-state index in [9.17, 15) is 4.79 Å². The molecule has 0 aliphatic heterocycles. The van der Waals surface area contributed by atoms with Crippen LogP contribution in [0.2, 0.25) is 0 Å². The summed E-state index contributed by atoms with van der Waals surface area (Å²) in [5, 5.41) is 3.05. The number of hydrogen-bond acceptors (Lipinski definition) is 2. The van der Waals surface area contributed by atoms with Gasteiger partial charge in [-0.25, -0.2) is 0 Å². The first-order chi connectivity index (χ1) is 8.20. The molecule has 1 unspecified atom stereocenters. The summed E-state index contributed by atoms with van der Waals surface area (Å²) in [5.74, 6) is 0.615. The minimum Gasteiger partial charge on any atom is -0.353 e. The topological polar surface area (TPSA) is 55.1 Å². The Kier molecular flexibility index (Phi) is 5.63. The monoisotopic (exact) mass is 268 g/mol. The fraction of sp³-hybridized carbons (Fsp3) is 0.500. The summed E-state index contributed by atoms with van der Waals surface area (Å²) < 4.78 is 0. The minimum absolute atomic E-state index is 0. The van der Waals surface area contributed by atoms with E-state index in [-0.39, 0.29) is 24.2 Å². The highest BCUT2D eigenvalue weighted by Crippen LogP contribution is 2.36. The highest BCUT2D eigenvalue weighted by Gasteiger charge is 2.31. The van der Waals surface area contributed by atoms with Crippen molar-refractivity contribution in [2.45, 2.75) is 31.7 Å². The second-order valence-corrected chi connectivity index (χ2v) is 4.92. The maximum Gasteiger partial charge on any atom is 0.224 e. The number of hydrogen-bond donors (Lipinski definition) is 2. The largest absolute Gasteiger partial charge is 0.353 e. The van der Waals surface area contributed by atoms with Gasteiger partial charge in [0, 0.05) is 18.5 Å². The van der Waals surface area contributed by atoms with Gasteiger partial charge in [-0.05, 0) is 24.3 Å². The number of nitrogens with two attached hydrogens (primary N) is 1. The lowest BCUT2D eigenvalue weighted by Crippen LogP contribution is -2.46. The first-order valence-corrected chi connectivity index (χ1v) is 6.26. The standard InChI is InChI=1S/C14H20N2O.ClH/c1-10(9-15)14(17)16-13-7-12(8-13)11-5-3-2-4-6-11;/h2-6,10,12-13H,7-9,15H2,1H3,(H,16,17);1H. The Morgan fingerprint density at radius 2 is 2.00 bits per heavy atom. The molecule has 0 spiro atoms. The van der Waals surface area contributed by atoms with E-state index in [1.165, 1.54) is 5.56 Å². The van der Waals surface area contributed by atoms with Crippen molar-refractivity contribution < 1.29 is 4.79 Å². The van der Waals surface area contributed by atoms with Crippen molar-refractivity contribution >= 4 is 18.3 Å². The molecule has 0 aromatic heterocycles. The summed E-state index contributed by atoms with van der Waals surface area (Å²) in [6.07, 6.45) is 2.10. The third-order valence-corrected chi connectivity index (χ3v) is 3.56. The van der Waals surface area contributed by atoms with E-state index in [2.05, 4.69) is 29.6 Å². The van der Waals surface area contributed by atoms with E-state index >= 15 is 0 Å². The molecule has 0 bridgehead atoms. The lowest BCUT2D eigenvalue weighted by Gasteiger charge is -2.36. The molecule has 1 aromatic carbocycles. The molecule has 3 N–H and O–H groups in total. The average molecular weight is 269 g/mol. The van der Waals surface area contributed by atoms with Crippen molar-refractivity contribution in [2.75, 3.05) is 6.54 Å². The summed E-state index contributed by atoms with van der Waals surface area (Å²) in [6.45, 7) is 2.28. The van der Waals surface area contributed by atoms with Crippen LogP contribution in [0.4, 0.5) is 0 Å². The van der Waals surface area contributed by atoms with Gasteiger partial charge in [0.2, 0.25) is 5.91 Å². The van der Waals surface area contributed by atoms with Gasteiger partial charge in [-0.15, -0.1) is 12.4 Å². The number of carbonyl (C=O) groups is 1. The van der Waals surface area contributed by atoms with Crippen LogP contribution < -0.4 is 11.1 Å². The van der Waals surface area contributed by atoms with Gasteiger partial charge in [0.05, 0.1) is 0 Å². The number of halogens is 1. The second-order valence-electron chi connectivity index (χ2n) is 4.92. The van der Waals surface area contributed by atoms with Gasteiger partial charge in [-0.2, -0.15) is 0 Å². The van der Waals surface area contributed by atoms with Gasteiger partial charge in [0.25, 0.3) is 0 Å². The van der Waals surface area contributed by atoms with Crippen LogP contribution in [0.15, 0.2) is 30.3 Å². The molecule has 0 heterocycles. The van der Waals surface area contributed by atoms with Crippen molar-refractivity contribution in [1.29, 1.82) is 0 Å². The van der Waals surface area contributed by atoms with E-state index in [4.69, 9.17) is 5.73 Å². The van der Waals surface area contributed by atoms with Gasteiger partial charge in [-0.3, -0.25) is 4.79 Å². The second kappa shape index (κ2) is 6.76.